The van der Waals surface area contributed by atoms with Crippen molar-refractivity contribution in [2.45, 2.75) is 25.8 Å². The molecule has 6 nitrogen and oxygen atoms in total. The second-order valence-electron chi connectivity index (χ2n) is 5.43. The van der Waals surface area contributed by atoms with E-state index < -0.39 is 0 Å². The molecule has 1 saturated heterocycles. The van der Waals surface area contributed by atoms with Crippen LogP contribution in [0.2, 0.25) is 0 Å². The summed E-state index contributed by atoms with van der Waals surface area (Å²) in [5.74, 6) is -0.282. The van der Waals surface area contributed by atoms with E-state index in [1.165, 1.54) is 6.92 Å². The van der Waals surface area contributed by atoms with E-state index in [2.05, 4.69) is 10.6 Å². The average Bonchev–Trinajstić information content (AvgIpc) is 2.94. The van der Waals surface area contributed by atoms with E-state index in [1.54, 1.807) is 31.3 Å². The number of carbonyl (C=O) groups excluding carboxylic acids is 3. The molecule has 0 bridgehead atoms. The van der Waals surface area contributed by atoms with Crippen molar-refractivity contribution < 1.29 is 14.4 Å². The summed E-state index contributed by atoms with van der Waals surface area (Å²) < 4.78 is 0. The quantitative estimate of drug-likeness (QED) is 0.797. The molecule has 1 aromatic rings. The second-order valence-corrected chi connectivity index (χ2v) is 5.43. The van der Waals surface area contributed by atoms with E-state index in [1.807, 2.05) is 4.90 Å². The maximum absolute atomic E-state index is 12.1. The van der Waals surface area contributed by atoms with Gasteiger partial charge in [0, 0.05) is 18.3 Å². The van der Waals surface area contributed by atoms with E-state index in [9.17, 15) is 14.4 Å². The van der Waals surface area contributed by atoms with Crippen molar-refractivity contribution in [3.8, 4) is 0 Å². The molecule has 1 aliphatic rings. The topological polar surface area (TPSA) is 78.5 Å². The third-order valence-electron chi connectivity index (χ3n) is 3.81. The van der Waals surface area contributed by atoms with Gasteiger partial charge in [-0.15, -0.1) is 0 Å². The third-order valence-corrected chi connectivity index (χ3v) is 3.81. The first-order valence-electron chi connectivity index (χ1n) is 7.37. The van der Waals surface area contributed by atoms with Gasteiger partial charge in [-0.05, 0) is 38.4 Å². The average molecular weight is 303 g/mol. The largest absolute Gasteiger partial charge is 0.358 e. The van der Waals surface area contributed by atoms with Gasteiger partial charge in [-0.3, -0.25) is 19.3 Å². The number of rotatable bonds is 5. The Hall–Kier alpha value is -2.21. The number of Topliss-reactive ketones (excluding diaryl/α,β-unsaturated/α-hetero) is 1. The van der Waals surface area contributed by atoms with Crippen LogP contribution >= 0.6 is 0 Å². The van der Waals surface area contributed by atoms with Gasteiger partial charge in [0.05, 0.1) is 12.6 Å². The minimum atomic E-state index is -0.237. The van der Waals surface area contributed by atoms with E-state index in [0.29, 0.717) is 11.3 Å². The number of likely N-dealkylation sites (N-methyl/N-ethyl adjacent to an activating group) is 1. The van der Waals surface area contributed by atoms with Crippen LogP contribution in [0.3, 0.4) is 0 Å². The summed E-state index contributed by atoms with van der Waals surface area (Å²) in [6.45, 7) is 2.39. The molecule has 1 atom stereocenters. The zero-order valence-electron chi connectivity index (χ0n) is 12.9. The van der Waals surface area contributed by atoms with Crippen molar-refractivity contribution >= 4 is 23.3 Å². The van der Waals surface area contributed by atoms with Gasteiger partial charge in [-0.25, -0.2) is 0 Å². The number of carbonyl (C=O) groups is 3. The van der Waals surface area contributed by atoms with Crippen LogP contribution in [0.1, 0.15) is 30.1 Å². The van der Waals surface area contributed by atoms with Crippen molar-refractivity contribution in [1.29, 1.82) is 0 Å². The molecule has 2 rings (SSSR count). The fraction of sp³-hybridized carbons (Fsp3) is 0.438. The van der Waals surface area contributed by atoms with Gasteiger partial charge in [-0.1, -0.05) is 12.1 Å². The molecule has 0 radical (unpaired) electrons. The van der Waals surface area contributed by atoms with Crippen molar-refractivity contribution in [1.82, 2.24) is 10.2 Å². The van der Waals surface area contributed by atoms with Gasteiger partial charge in [0.25, 0.3) is 0 Å². The van der Waals surface area contributed by atoms with E-state index in [0.717, 1.165) is 19.4 Å². The zero-order chi connectivity index (χ0) is 16.1. The van der Waals surface area contributed by atoms with E-state index in [-0.39, 0.29) is 30.2 Å². The van der Waals surface area contributed by atoms with Crippen LogP contribution in [-0.4, -0.2) is 48.7 Å². The van der Waals surface area contributed by atoms with Crippen molar-refractivity contribution in [2.24, 2.45) is 0 Å². The molecule has 1 unspecified atom stereocenters. The van der Waals surface area contributed by atoms with Gasteiger partial charge >= 0.3 is 0 Å². The maximum Gasteiger partial charge on any atom is 0.238 e. The number of hydrogen-bond acceptors (Lipinski definition) is 4. The van der Waals surface area contributed by atoms with E-state index in [4.69, 9.17) is 0 Å². The van der Waals surface area contributed by atoms with Gasteiger partial charge in [0.1, 0.15) is 0 Å². The molecule has 0 aliphatic carbocycles. The van der Waals surface area contributed by atoms with Crippen LogP contribution in [0.25, 0.3) is 0 Å². The standard InChI is InChI=1S/C16H21N3O3/c1-11(20)12-5-3-6-13(9-12)18-15(21)10-19-8-4-7-14(19)16(22)17-2/h3,5-6,9,14H,4,7-8,10H2,1-2H3,(H,17,22)(H,18,21). The molecular weight excluding hydrogens is 282 g/mol. The van der Waals surface area contributed by atoms with Crippen molar-refractivity contribution in [2.75, 3.05) is 25.5 Å². The molecule has 0 aromatic heterocycles. The fourth-order valence-corrected chi connectivity index (χ4v) is 2.68. The summed E-state index contributed by atoms with van der Waals surface area (Å²) in [4.78, 5) is 37.1. The molecule has 22 heavy (non-hydrogen) atoms. The molecule has 1 aromatic carbocycles. The predicted molar refractivity (Wildman–Crippen MR) is 83.7 cm³/mol. The fourth-order valence-electron chi connectivity index (χ4n) is 2.68. The minimum Gasteiger partial charge on any atom is -0.358 e. The Kier molecular flexibility index (Phi) is 5.27. The number of nitrogens with zero attached hydrogens (tertiary/aromatic N) is 1. The Morgan fingerprint density at radius 1 is 1.32 bits per heavy atom. The number of benzene rings is 1. The normalized spacial score (nSPS) is 18.0. The summed E-state index contributed by atoms with van der Waals surface area (Å²) in [5, 5.41) is 5.41. The molecule has 6 heteroatoms. The number of nitrogens with one attached hydrogen (secondary N) is 2. The zero-order valence-corrected chi connectivity index (χ0v) is 12.9. The van der Waals surface area contributed by atoms with Crippen LogP contribution in [0.15, 0.2) is 24.3 Å². The Balaban J connectivity index is 1.96. The lowest BCUT2D eigenvalue weighted by molar-refractivity contribution is -0.126. The summed E-state index contributed by atoms with van der Waals surface area (Å²) in [5.41, 5.74) is 1.15. The number of hydrogen-bond donors (Lipinski definition) is 2. The molecule has 2 N–H and O–H groups in total. The summed E-state index contributed by atoms with van der Waals surface area (Å²) >= 11 is 0. The Morgan fingerprint density at radius 2 is 2.09 bits per heavy atom. The third kappa shape index (κ3) is 3.92. The molecule has 1 fully saturated rings. The Bertz CT molecular complexity index is 586. The molecule has 0 saturated carbocycles. The molecule has 1 heterocycles. The number of anilines is 1. The molecule has 0 spiro atoms. The molecule has 118 valence electrons. The lowest BCUT2D eigenvalue weighted by Crippen LogP contribution is -2.45. The predicted octanol–water partition coefficient (Wildman–Crippen LogP) is 1.04. The SMILES string of the molecule is CNC(=O)C1CCCN1CC(=O)Nc1cccc(C(C)=O)c1. The summed E-state index contributed by atoms with van der Waals surface area (Å²) in [6.07, 6.45) is 1.68. The highest BCUT2D eigenvalue weighted by Crippen LogP contribution is 2.17. The van der Waals surface area contributed by atoms with Crippen molar-refractivity contribution in [3.05, 3.63) is 29.8 Å². The maximum atomic E-state index is 12.1. The lowest BCUT2D eigenvalue weighted by Gasteiger charge is -2.22. The van der Waals surface area contributed by atoms with Gasteiger partial charge in [0.2, 0.25) is 11.8 Å². The highest BCUT2D eigenvalue weighted by Gasteiger charge is 2.31. The summed E-state index contributed by atoms with van der Waals surface area (Å²) in [7, 11) is 1.60. The van der Waals surface area contributed by atoms with Gasteiger partial charge in [0.15, 0.2) is 5.78 Å². The monoisotopic (exact) mass is 303 g/mol. The van der Waals surface area contributed by atoms with E-state index >= 15 is 0 Å². The number of amides is 2. The first-order valence-corrected chi connectivity index (χ1v) is 7.37. The smallest absolute Gasteiger partial charge is 0.238 e. The highest BCUT2D eigenvalue weighted by molar-refractivity contribution is 5.97. The van der Waals surface area contributed by atoms with Crippen LogP contribution in [0.4, 0.5) is 5.69 Å². The Morgan fingerprint density at radius 3 is 2.77 bits per heavy atom. The second kappa shape index (κ2) is 7.17. The van der Waals surface area contributed by atoms with Crippen LogP contribution < -0.4 is 10.6 Å². The van der Waals surface area contributed by atoms with Gasteiger partial charge in [-0.2, -0.15) is 0 Å². The van der Waals surface area contributed by atoms with Crippen LogP contribution in [-0.2, 0) is 9.59 Å². The first kappa shape index (κ1) is 16.2. The van der Waals surface area contributed by atoms with Crippen LogP contribution in [0, 0.1) is 0 Å². The van der Waals surface area contributed by atoms with Crippen LogP contribution in [0.5, 0.6) is 0 Å². The number of likely N-dealkylation sites (tertiary alicyclic amines) is 1. The van der Waals surface area contributed by atoms with Crippen molar-refractivity contribution in [3.63, 3.8) is 0 Å². The molecular formula is C16H21N3O3. The van der Waals surface area contributed by atoms with Gasteiger partial charge < -0.3 is 10.6 Å². The summed E-state index contributed by atoms with van der Waals surface area (Å²) in [6, 6.07) is 6.60. The molecule has 1 aliphatic heterocycles. The molecule has 2 amide bonds. The highest BCUT2D eigenvalue weighted by atomic mass is 16.2. The minimum absolute atomic E-state index is 0.0460. The lowest BCUT2D eigenvalue weighted by atomic mass is 10.1. The Labute approximate surface area is 129 Å². The number of ketones is 1. The first-order chi connectivity index (χ1) is 10.5.